The second kappa shape index (κ2) is 9.30. The van der Waals surface area contributed by atoms with Gasteiger partial charge >= 0.3 is 0 Å². The van der Waals surface area contributed by atoms with E-state index in [1.807, 2.05) is 31.2 Å². The molecule has 2 rings (SSSR count). The number of hydrogen-bond donors (Lipinski definition) is 2. The number of benzene rings is 2. The van der Waals surface area contributed by atoms with Crippen molar-refractivity contribution in [1.29, 1.82) is 0 Å². The lowest BCUT2D eigenvalue weighted by Crippen LogP contribution is -2.35. The highest BCUT2D eigenvalue weighted by atomic mass is 35.5. The molecule has 7 heteroatoms. The third-order valence-corrected chi connectivity index (χ3v) is 3.76. The Kier molecular flexibility index (Phi) is 7.10. The Morgan fingerprint density at radius 1 is 1.04 bits per heavy atom. The predicted molar refractivity (Wildman–Crippen MR) is 99.4 cm³/mol. The van der Waals surface area contributed by atoms with Gasteiger partial charge in [0.1, 0.15) is 5.75 Å². The number of anilines is 1. The van der Waals surface area contributed by atoms with Crippen molar-refractivity contribution in [2.75, 3.05) is 18.5 Å². The molecule has 0 unspecified atom stereocenters. The average molecular weight is 381 g/mol. The Labute approximate surface area is 156 Å². The van der Waals surface area contributed by atoms with Gasteiger partial charge in [-0.1, -0.05) is 48.3 Å². The van der Waals surface area contributed by atoms with Crippen molar-refractivity contribution < 1.29 is 14.3 Å². The van der Waals surface area contributed by atoms with Crippen LogP contribution in [-0.2, 0) is 16.0 Å². The number of para-hydroxylation sites is 1. The van der Waals surface area contributed by atoms with Gasteiger partial charge in [-0.25, -0.2) is 0 Å². The van der Waals surface area contributed by atoms with Crippen molar-refractivity contribution in [2.24, 2.45) is 0 Å². The maximum absolute atomic E-state index is 11.9. The molecule has 5 nitrogen and oxygen atoms in total. The Balaban J connectivity index is 1.78. The van der Waals surface area contributed by atoms with E-state index in [0.29, 0.717) is 15.8 Å². The van der Waals surface area contributed by atoms with Gasteiger partial charge in [-0.15, -0.1) is 0 Å². The smallest absolute Gasteiger partial charge is 0.258 e. The van der Waals surface area contributed by atoms with Crippen LogP contribution in [0.25, 0.3) is 0 Å². The minimum atomic E-state index is -0.421. The van der Waals surface area contributed by atoms with E-state index in [0.717, 1.165) is 17.7 Å². The fraction of sp³-hybridized carbons (Fsp3) is 0.222. The summed E-state index contributed by atoms with van der Waals surface area (Å²) in [7, 11) is 0. The maximum atomic E-state index is 11.9. The molecule has 2 amide bonds. The number of rotatable bonds is 7. The molecular weight excluding hydrogens is 363 g/mol. The van der Waals surface area contributed by atoms with Crippen LogP contribution < -0.4 is 15.4 Å². The van der Waals surface area contributed by atoms with E-state index in [4.69, 9.17) is 27.9 Å². The van der Waals surface area contributed by atoms with E-state index in [1.54, 1.807) is 18.2 Å². The monoisotopic (exact) mass is 380 g/mol. The highest BCUT2D eigenvalue weighted by Crippen LogP contribution is 2.24. The molecule has 0 saturated heterocycles. The molecular formula is C18H18Cl2N2O3. The molecule has 0 saturated carbocycles. The first-order valence-corrected chi connectivity index (χ1v) is 8.47. The van der Waals surface area contributed by atoms with E-state index in [-0.39, 0.29) is 19.1 Å². The minimum Gasteiger partial charge on any atom is -0.484 e. The van der Waals surface area contributed by atoms with Crippen LogP contribution >= 0.6 is 23.2 Å². The van der Waals surface area contributed by atoms with Crippen LogP contribution in [0.15, 0.2) is 42.5 Å². The SMILES string of the molecule is CCc1ccccc1NC(=O)CNC(=O)COc1cc(Cl)cc(Cl)c1. The molecule has 0 aliphatic carbocycles. The van der Waals surface area contributed by atoms with Gasteiger partial charge in [-0.3, -0.25) is 9.59 Å². The molecule has 0 aromatic heterocycles. The van der Waals surface area contributed by atoms with Gasteiger partial charge in [0.05, 0.1) is 6.54 Å². The summed E-state index contributed by atoms with van der Waals surface area (Å²) >= 11 is 11.7. The molecule has 0 bridgehead atoms. The summed E-state index contributed by atoms with van der Waals surface area (Å²) in [5.74, 6) is -0.343. The van der Waals surface area contributed by atoms with E-state index in [9.17, 15) is 9.59 Å². The van der Waals surface area contributed by atoms with Gasteiger partial charge in [0.25, 0.3) is 5.91 Å². The lowest BCUT2D eigenvalue weighted by molar-refractivity contribution is -0.125. The molecule has 132 valence electrons. The van der Waals surface area contributed by atoms with Crippen LogP contribution in [0.5, 0.6) is 5.75 Å². The lowest BCUT2D eigenvalue weighted by Gasteiger charge is -2.11. The topological polar surface area (TPSA) is 67.4 Å². The summed E-state index contributed by atoms with van der Waals surface area (Å²) in [6.45, 7) is 1.62. The first kappa shape index (κ1) is 19.1. The van der Waals surface area contributed by atoms with Crippen LogP contribution in [0.3, 0.4) is 0 Å². The standard InChI is InChI=1S/C18H18Cl2N2O3/c1-2-12-5-3-4-6-16(12)22-17(23)10-21-18(24)11-25-15-8-13(19)7-14(20)9-15/h3-9H,2,10-11H2,1H3,(H,21,24)(H,22,23). The van der Waals surface area contributed by atoms with Crippen LogP contribution in [0.1, 0.15) is 12.5 Å². The minimum absolute atomic E-state index is 0.142. The molecule has 0 fully saturated rings. The van der Waals surface area contributed by atoms with E-state index >= 15 is 0 Å². The normalized spacial score (nSPS) is 10.2. The Hall–Kier alpha value is -2.24. The van der Waals surface area contributed by atoms with Gasteiger partial charge in [0.15, 0.2) is 6.61 Å². The summed E-state index contributed by atoms with van der Waals surface area (Å²) in [5.41, 5.74) is 1.78. The van der Waals surface area contributed by atoms with Crippen molar-refractivity contribution >= 4 is 40.7 Å². The zero-order chi connectivity index (χ0) is 18.2. The largest absolute Gasteiger partial charge is 0.484 e. The number of halogens is 2. The van der Waals surface area contributed by atoms with E-state index < -0.39 is 5.91 Å². The molecule has 0 radical (unpaired) electrons. The Morgan fingerprint density at radius 3 is 2.40 bits per heavy atom. The third-order valence-electron chi connectivity index (χ3n) is 3.32. The molecule has 0 atom stereocenters. The van der Waals surface area contributed by atoms with Gasteiger partial charge < -0.3 is 15.4 Å². The second-order valence-corrected chi connectivity index (χ2v) is 6.10. The van der Waals surface area contributed by atoms with Crippen molar-refractivity contribution in [3.05, 3.63) is 58.1 Å². The van der Waals surface area contributed by atoms with Crippen molar-refractivity contribution in [1.82, 2.24) is 5.32 Å². The number of ether oxygens (including phenoxy) is 1. The van der Waals surface area contributed by atoms with Gasteiger partial charge in [-0.05, 0) is 36.2 Å². The first-order valence-electron chi connectivity index (χ1n) is 7.71. The Bertz CT molecular complexity index is 745. The average Bonchev–Trinajstić information content (AvgIpc) is 2.58. The van der Waals surface area contributed by atoms with Crippen LogP contribution in [0.4, 0.5) is 5.69 Å². The summed E-state index contributed by atoms with van der Waals surface area (Å²) < 4.78 is 5.30. The highest BCUT2D eigenvalue weighted by molar-refractivity contribution is 6.34. The lowest BCUT2D eigenvalue weighted by atomic mass is 10.1. The molecule has 2 aromatic carbocycles. The fourth-order valence-electron chi connectivity index (χ4n) is 2.14. The number of hydrogen-bond acceptors (Lipinski definition) is 3. The zero-order valence-electron chi connectivity index (χ0n) is 13.6. The van der Waals surface area contributed by atoms with Crippen molar-refractivity contribution in [2.45, 2.75) is 13.3 Å². The first-order chi connectivity index (χ1) is 12.0. The van der Waals surface area contributed by atoms with Gasteiger partial charge in [0, 0.05) is 15.7 Å². The molecule has 2 aromatic rings. The highest BCUT2D eigenvalue weighted by Gasteiger charge is 2.09. The summed E-state index contributed by atoms with van der Waals surface area (Å²) in [5, 5.41) is 6.10. The maximum Gasteiger partial charge on any atom is 0.258 e. The molecule has 25 heavy (non-hydrogen) atoms. The quantitative estimate of drug-likeness (QED) is 0.769. The molecule has 2 N–H and O–H groups in total. The summed E-state index contributed by atoms with van der Waals surface area (Å²) in [6.07, 6.45) is 0.804. The van der Waals surface area contributed by atoms with E-state index in [1.165, 1.54) is 0 Å². The van der Waals surface area contributed by atoms with E-state index in [2.05, 4.69) is 10.6 Å². The van der Waals surface area contributed by atoms with Crippen molar-refractivity contribution in [3.63, 3.8) is 0 Å². The van der Waals surface area contributed by atoms with Crippen LogP contribution in [-0.4, -0.2) is 25.0 Å². The molecule has 0 heterocycles. The molecule has 0 spiro atoms. The number of aryl methyl sites for hydroxylation is 1. The third kappa shape index (κ3) is 6.29. The predicted octanol–water partition coefficient (Wildman–Crippen LogP) is 3.69. The van der Waals surface area contributed by atoms with Crippen LogP contribution in [0, 0.1) is 0 Å². The number of amides is 2. The molecule has 0 aliphatic heterocycles. The summed E-state index contributed by atoms with van der Waals surface area (Å²) in [6, 6.07) is 12.2. The van der Waals surface area contributed by atoms with Gasteiger partial charge in [-0.2, -0.15) is 0 Å². The number of nitrogens with one attached hydrogen (secondary N) is 2. The van der Waals surface area contributed by atoms with Gasteiger partial charge in [0.2, 0.25) is 5.91 Å². The fourth-order valence-corrected chi connectivity index (χ4v) is 2.64. The Morgan fingerprint density at radius 2 is 1.72 bits per heavy atom. The number of carbonyl (C=O) groups is 2. The summed E-state index contributed by atoms with van der Waals surface area (Å²) in [4.78, 5) is 23.7. The van der Waals surface area contributed by atoms with Crippen molar-refractivity contribution in [3.8, 4) is 5.75 Å². The zero-order valence-corrected chi connectivity index (χ0v) is 15.2. The molecule has 0 aliphatic rings. The van der Waals surface area contributed by atoms with Crippen LogP contribution in [0.2, 0.25) is 10.0 Å². The second-order valence-electron chi connectivity index (χ2n) is 5.23. The number of carbonyl (C=O) groups excluding carboxylic acids is 2.